The summed E-state index contributed by atoms with van der Waals surface area (Å²) in [6.07, 6.45) is -4.91. The molecule has 1 aliphatic heterocycles. The number of nitrogens with zero attached hydrogens (tertiary/aromatic N) is 5. The number of carbonyl (C=O) groups excluding carboxylic acids is 1. The van der Waals surface area contributed by atoms with Crippen LogP contribution in [0, 0.1) is 12.7 Å². The van der Waals surface area contributed by atoms with Crippen LogP contribution in [0.3, 0.4) is 0 Å². The van der Waals surface area contributed by atoms with Crippen LogP contribution in [0.4, 0.5) is 34.6 Å². The monoisotopic (exact) mass is 643 g/mol. The van der Waals surface area contributed by atoms with Gasteiger partial charge in [-0.05, 0) is 72.5 Å². The minimum absolute atomic E-state index is 0.00273. The Morgan fingerprint density at radius 2 is 1.87 bits per heavy atom. The van der Waals surface area contributed by atoms with Crippen molar-refractivity contribution in [2.45, 2.75) is 45.9 Å². The fourth-order valence-electron chi connectivity index (χ4n) is 4.53. The number of aryl methyl sites for hydroxylation is 1. The number of aliphatic hydroxyl groups is 1. The highest BCUT2D eigenvalue weighted by atomic mass is 32.2. The first-order chi connectivity index (χ1) is 21.4. The molecule has 0 spiro atoms. The zero-order valence-corrected chi connectivity index (χ0v) is 25.2. The highest BCUT2D eigenvalue weighted by molar-refractivity contribution is 8.15. The van der Waals surface area contributed by atoms with E-state index in [-0.39, 0.29) is 35.6 Å². The molecule has 1 aliphatic rings. The zero-order valence-electron chi connectivity index (χ0n) is 24.3. The number of halogens is 4. The van der Waals surface area contributed by atoms with Crippen LogP contribution >= 0.6 is 11.8 Å². The van der Waals surface area contributed by atoms with Crippen LogP contribution < -0.4 is 20.3 Å². The summed E-state index contributed by atoms with van der Waals surface area (Å²) in [7, 11) is 0. The van der Waals surface area contributed by atoms with Crippen molar-refractivity contribution in [2.24, 2.45) is 4.99 Å². The molecule has 1 aromatic heterocycles. The van der Waals surface area contributed by atoms with E-state index in [4.69, 9.17) is 0 Å². The Bertz CT molecular complexity index is 1710. The van der Waals surface area contributed by atoms with Crippen molar-refractivity contribution >= 4 is 39.9 Å². The van der Waals surface area contributed by atoms with Crippen molar-refractivity contribution in [2.75, 3.05) is 21.3 Å². The molecule has 3 N–H and O–H groups in total. The van der Waals surface area contributed by atoms with Crippen molar-refractivity contribution in [1.29, 1.82) is 0 Å². The molecule has 1 atom stereocenters. The number of hydrogen-bond donors (Lipinski definition) is 3. The van der Waals surface area contributed by atoms with Gasteiger partial charge in [0.15, 0.2) is 11.0 Å². The van der Waals surface area contributed by atoms with Gasteiger partial charge in [0.25, 0.3) is 0 Å². The molecule has 1 fully saturated rings. The van der Waals surface area contributed by atoms with Crippen LogP contribution in [0.5, 0.6) is 5.75 Å². The van der Waals surface area contributed by atoms with Crippen LogP contribution in [0.15, 0.2) is 72.0 Å². The lowest BCUT2D eigenvalue weighted by molar-refractivity contribution is -0.274. The standard InChI is InChI=1S/C30H29F4N7O3S/c1-17(2)22-10-4-18(3)12-25(22)41-27(42)15-45-29(41)38-28(43)37-24-11-5-19(13-23(24)31)35-14-26-36-16-40(39-26)20-6-8-21(9-7-20)44-30(32,33)34/h4-13,16-17,28,35,37,43H,14-15H2,1-3H3/b38-29-. The molecule has 5 rings (SSSR count). The SMILES string of the molecule is Cc1ccc(C(C)C)c(N2C(=O)CS/C2=N\C(O)Nc2ccc(NCc3ncn(-c4ccc(OC(F)(F)F)cc4)n3)cc2F)c1. The summed E-state index contributed by atoms with van der Waals surface area (Å²) >= 11 is 1.19. The maximum atomic E-state index is 15.0. The van der Waals surface area contributed by atoms with Crippen molar-refractivity contribution in [3.05, 3.63) is 89.8 Å². The van der Waals surface area contributed by atoms with Gasteiger partial charge in [0, 0.05) is 5.69 Å². The Hall–Kier alpha value is -4.63. The second-order valence-electron chi connectivity index (χ2n) is 10.4. The van der Waals surface area contributed by atoms with Gasteiger partial charge in [-0.3, -0.25) is 9.69 Å². The number of carbonyl (C=O) groups is 1. The maximum Gasteiger partial charge on any atom is 0.573 e. The molecule has 1 amide bonds. The average molecular weight is 644 g/mol. The van der Waals surface area contributed by atoms with Gasteiger partial charge in [0.1, 0.15) is 17.9 Å². The highest BCUT2D eigenvalue weighted by Gasteiger charge is 2.33. The third kappa shape index (κ3) is 7.91. The summed E-state index contributed by atoms with van der Waals surface area (Å²) in [4.78, 5) is 22.7. The topological polar surface area (TPSA) is 117 Å². The van der Waals surface area contributed by atoms with E-state index in [0.717, 1.165) is 11.1 Å². The lowest BCUT2D eigenvalue weighted by Gasteiger charge is -2.23. The van der Waals surface area contributed by atoms with Gasteiger partial charge >= 0.3 is 6.36 Å². The number of rotatable bonds is 10. The van der Waals surface area contributed by atoms with E-state index in [1.54, 1.807) is 6.07 Å². The number of amides is 1. The van der Waals surface area contributed by atoms with Gasteiger partial charge < -0.3 is 20.5 Å². The number of ether oxygens (including phenoxy) is 1. The number of nitrogens with one attached hydrogen (secondary N) is 2. The van der Waals surface area contributed by atoms with E-state index in [1.807, 2.05) is 39.0 Å². The predicted octanol–water partition coefficient (Wildman–Crippen LogP) is 6.17. The summed E-state index contributed by atoms with van der Waals surface area (Å²) in [5, 5.41) is 20.9. The van der Waals surface area contributed by atoms with Crippen molar-refractivity contribution < 1.29 is 32.2 Å². The smallest absolute Gasteiger partial charge is 0.406 e. The second-order valence-corrected chi connectivity index (χ2v) is 11.3. The molecular weight excluding hydrogens is 614 g/mol. The summed E-state index contributed by atoms with van der Waals surface area (Å²) < 4.78 is 57.3. The van der Waals surface area contributed by atoms with Gasteiger partial charge in [-0.2, -0.15) is 0 Å². The van der Waals surface area contributed by atoms with Crippen LogP contribution in [0.2, 0.25) is 0 Å². The molecule has 4 aromatic rings. The molecule has 0 aliphatic carbocycles. The predicted molar refractivity (Wildman–Crippen MR) is 164 cm³/mol. The van der Waals surface area contributed by atoms with Gasteiger partial charge in [-0.15, -0.1) is 18.3 Å². The number of aliphatic imine (C=N–C) groups is 1. The third-order valence-corrected chi connectivity index (χ3v) is 7.56. The highest BCUT2D eigenvalue weighted by Crippen LogP contribution is 2.34. The van der Waals surface area contributed by atoms with E-state index in [2.05, 4.69) is 30.4 Å². The van der Waals surface area contributed by atoms with Crippen LogP contribution in [-0.2, 0) is 11.3 Å². The molecule has 15 heteroatoms. The molecule has 2 heterocycles. The minimum atomic E-state index is -4.78. The normalized spacial score (nSPS) is 15.2. The number of hydrogen-bond acceptors (Lipinski definition) is 9. The molecule has 0 saturated carbocycles. The van der Waals surface area contributed by atoms with E-state index in [0.29, 0.717) is 28.1 Å². The quantitative estimate of drug-likeness (QED) is 0.139. The fraction of sp³-hybridized carbons (Fsp3) is 0.267. The number of anilines is 3. The van der Waals surface area contributed by atoms with E-state index < -0.39 is 18.5 Å². The molecule has 3 aromatic carbocycles. The number of aromatic nitrogens is 3. The maximum absolute atomic E-state index is 15.0. The first kappa shape index (κ1) is 31.8. The Labute approximate surface area is 260 Å². The Morgan fingerprint density at radius 3 is 2.56 bits per heavy atom. The van der Waals surface area contributed by atoms with Gasteiger partial charge in [0.05, 0.1) is 29.4 Å². The molecule has 10 nitrogen and oxygen atoms in total. The molecule has 236 valence electrons. The largest absolute Gasteiger partial charge is 0.573 e. The summed E-state index contributed by atoms with van der Waals surface area (Å²) in [5.41, 5.74) is 3.53. The van der Waals surface area contributed by atoms with Crippen molar-refractivity contribution in [1.82, 2.24) is 14.8 Å². The number of aliphatic hydroxyl groups excluding tert-OH is 1. The van der Waals surface area contributed by atoms with Crippen molar-refractivity contribution in [3.63, 3.8) is 0 Å². The van der Waals surface area contributed by atoms with Crippen LogP contribution in [0.1, 0.15) is 36.7 Å². The second kappa shape index (κ2) is 13.2. The zero-order chi connectivity index (χ0) is 32.3. The van der Waals surface area contributed by atoms with Crippen LogP contribution in [0.25, 0.3) is 5.69 Å². The third-order valence-electron chi connectivity index (χ3n) is 6.63. The number of alkyl halides is 3. The summed E-state index contributed by atoms with van der Waals surface area (Å²) in [6.45, 7) is 6.12. The Morgan fingerprint density at radius 1 is 1.11 bits per heavy atom. The number of benzene rings is 3. The first-order valence-electron chi connectivity index (χ1n) is 13.7. The molecular formula is C30H29F4N7O3S. The molecule has 45 heavy (non-hydrogen) atoms. The Balaban J connectivity index is 1.21. The lowest BCUT2D eigenvalue weighted by atomic mass is 9.99. The number of amidine groups is 1. The summed E-state index contributed by atoms with van der Waals surface area (Å²) in [5.74, 6) is -0.507. The fourth-order valence-corrected chi connectivity index (χ4v) is 5.42. The average Bonchev–Trinajstić information content (AvgIpc) is 3.59. The first-order valence-corrected chi connectivity index (χ1v) is 14.7. The Kier molecular flexibility index (Phi) is 9.29. The molecule has 0 radical (unpaired) electrons. The minimum Gasteiger partial charge on any atom is -0.406 e. The van der Waals surface area contributed by atoms with Crippen molar-refractivity contribution in [3.8, 4) is 11.4 Å². The van der Waals surface area contributed by atoms with Gasteiger partial charge in [0.2, 0.25) is 12.3 Å². The molecule has 1 saturated heterocycles. The number of thioether (sulfide) groups is 1. The van der Waals surface area contributed by atoms with E-state index in [9.17, 15) is 27.5 Å². The van der Waals surface area contributed by atoms with E-state index in [1.165, 1.54) is 64.1 Å². The van der Waals surface area contributed by atoms with Gasteiger partial charge in [-0.25, -0.2) is 19.0 Å². The van der Waals surface area contributed by atoms with Gasteiger partial charge in [-0.1, -0.05) is 37.7 Å². The molecule has 1 unspecified atom stereocenters. The molecule has 0 bridgehead atoms. The van der Waals surface area contributed by atoms with Crippen LogP contribution in [-0.4, -0.2) is 49.4 Å². The summed E-state index contributed by atoms with van der Waals surface area (Å²) in [6, 6.07) is 15.2. The lowest BCUT2D eigenvalue weighted by Crippen LogP contribution is -2.32. The van der Waals surface area contributed by atoms with E-state index >= 15 is 0 Å².